The number of carbonyl (C=O) groups is 2. The van der Waals surface area contributed by atoms with E-state index in [1.54, 1.807) is 0 Å². The molecule has 1 aromatic rings. The van der Waals surface area contributed by atoms with Gasteiger partial charge in [0.25, 0.3) is 0 Å². The van der Waals surface area contributed by atoms with Gasteiger partial charge in [-0.2, -0.15) is 0 Å². The summed E-state index contributed by atoms with van der Waals surface area (Å²) in [6.45, 7) is 0.430. The molecule has 106 valence electrons. The third kappa shape index (κ3) is 3.68. The fourth-order valence-electron chi connectivity index (χ4n) is 1.43. The van der Waals surface area contributed by atoms with Crippen LogP contribution < -0.4 is 5.32 Å². The molecule has 20 heavy (non-hydrogen) atoms. The smallest absolute Gasteiger partial charge is 0.323 e. The number of hydrogen-bond acceptors (Lipinski definition) is 2. The van der Waals surface area contributed by atoms with Crippen molar-refractivity contribution in [3.8, 4) is 12.3 Å². The Bertz CT molecular complexity index is 582. The molecule has 0 aliphatic carbocycles. The van der Waals surface area contributed by atoms with Gasteiger partial charge in [0.2, 0.25) is 0 Å². The molecule has 0 aliphatic rings. The summed E-state index contributed by atoms with van der Waals surface area (Å²) in [5.74, 6) is -1.08. The summed E-state index contributed by atoms with van der Waals surface area (Å²) < 4.78 is 27.2. The van der Waals surface area contributed by atoms with Crippen molar-refractivity contribution < 1.29 is 23.5 Å². The van der Waals surface area contributed by atoms with Crippen molar-refractivity contribution in [1.82, 2.24) is 4.90 Å². The minimum atomic E-state index is -1.29. The van der Waals surface area contributed by atoms with Crippen molar-refractivity contribution in [2.45, 2.75) is 6.92 Å². The molecule has 2 amide bonds. The van der Waals surface area contributed by atoms with E-state index in [9.17, 15) is 18.4 Å². The third-order valence-corrected chi connectivity index (χ3v) is 2.41. The minimum absolute atomic E-state index is 0.142. The van der Waals surface area contributed by atoms with Crippen molar-refractivity contribution in [2.24, 2.45) is 0 Å². The number of amides is 2. The van der Waals surface area contributed by atoms with Crippen LogP contribution >= 0.6 is 0 Å². The van der Waals surface area contributed by atoms with Crippen molar-refractivity contribution in [2.75, 3.05) is 18.4 Å². The van der Waals surface area contributed by atoms with E-state index in [1.165, 1.54) is 13.0 Å². The Hall–Kier alpha value is -2.62. The van der Waals surface area contributed by atoms with Crippen LogP contribution in [0.4, 0.5) is 19.3 Å². The number of rotatable bonds is 4. The number of aliphatic carboxylic acids is 1. The van der Waals surface area contributed by atoms with Gasteiger partial charge in [-0.25, -0.2) is 13.6 Å². The Labute approximate surface area is 114 Å². The predicted octanol–water partition coefficient (Wildman–Crippen LogP) is 1.82. The SMILES string of the molecule is C#CCN(CC(=O)O)C(=O)Nc1c(F)ccc(C)c1F. The van der Waals surface area contributed by atoms with Gasteiger partial charge in [-0.15, -0.1) is 6.42 Å². The van der Waals surface area contributed by atoms with E-state index < -0.39 is 35.9 Å². The zero-order valence-electron chi connectivity index (χ0n) is 10.6. The summed E-state index contributed by atoms with van der Waals surface area (Å²) in [6, 6.07) is 1.22. The van der Waals surface area contributed by atoms with Gasteiger partial charge in [0.05, 0.1) is 6.54 Å². The maximum absolute atomic E-state index is 13.7. The third-order valence-electron chi connectivity index (χ3n) is 2.41. The van der Waals surface area contributed by atoms with Gasteiger partial charge in [0.15, 0.2) is 5.82 Å². The molecule has 0 bridgehead atoms. The van der Waals surface area contributed by atoms with Crippen LogP contribution in [0.15, 0.2) is 12.1 Å². The Kier molecular flexibility index (Phi) is 5.03. The van der Waals surface area contributed by atoms with E-state index in [4.69, 9.17) is 11.5 Å². The van der Waals surface area contributed by atoms with Crippen LogP contribution in [0.5, 0.6) is 0 Å². The molecule has 0 radical (unpaired) electrons. The molecule has 0 fully saturated rings. The molecular formula is C13H12F2N2O3. The topological polar surface area (TPSA) is 69.6 Å². The van der Waals surface area contributed by atoms with Crippen LogP contribution in [0.1, 0.15) is 5.56 Å². The van der Waals surface area contributed by atoms with Crippen molar-refractivity contribution in [3.63, 3.8) is 0 Å². The molecule has 0 saturated heterocycles. The zero-order valence-corrected chi connectivity index (χ0v) is 10.6. The molecule has 0 aliphatic heterocycles. The highest BCUT2D eigenvalue weighted by Crippen LogP contribution is 2.21. The van der Waals surface area contributed by atoms with Gasteiger partial charge in [0.1, 0.15) is 18.0 Å². The fourth-order valence-corrected chi connectivity index (χ4v) is 1.43. The first-order valence-electron chi connectivity index (χ1n) is 5.52. The fraction of sp³-hybridized carbons (Fsp3) is 0.231. The van der Waals surface area contributed by atoms with Crippen LogP contribution in [-0.4, -0.2) is 35.1 Å². The number of nitrogens with one attached hydrogen (secondary N) is 1. The molecule has 1 rings (SSSR count). The summed E-state index contributed by atoms with van der Waals surface area (Å²) >= 11 is 0. The number of urea groups is 1. The molecule has 0 atom stereocenters. The van der Waals surface area contributed by atoms with Crippen molar-refractivity contribution in [3.05, 3.63) is 29.3 Å². The minimum Gasteiger partial charge on any atom is -0.480 e. The molecule has 2 N–H and O–H groups in total. The lowest BCUT2D eigenvalue weighted by Crippen LogP contribution is -2.39. The summed E-state index contributed by atoms with van der Waals surface area (Å²) in [6.07, 6.45) is 5.01. The zero-order chi connectivity index (χ0) is 15.3. The number of terminal acetylenes is 1. The second-order valence-corrected chi connectivity index (χ2v) is 3.94. The number of hydrogen-bond donors (Lipinski definition) is 2. The van der Waals surface area contributed by atoms with Gasteiger partial charge in [-0.05, 0) is 18.6 Å². The van der Waals surface area contributed by atoms with E-state index >= 15 is 0 Å². The molecule has 0 unspecified atom stereocenters. The van der Waals surface area contributed by atoms with E-state index in [-0.39, 0.29) is 12.1 Å². The van der Waals surface area contributed by atoms with Gasteiger partial charge >= 0.3 is 12.0 Å². The molecule has 5 nitrogen and oxygen atoms in total. The number of aryl methyl sites for hydroxylation is 1. The average molecular weight is 282 g/mol. The number of halogens is 2. The van der Waals surface area contributed by atoms with E-state index in [1.807, 2.05) is 5.32 Å². The molecule has 0 saturated carbocycles. The second kappa shape index (κ2) is 6.52. The molecule has 0 spiro atoms. The quantitative estimate of drug-likeness (QED) is 0.828. The van der Waals surface area contributed by atoms with Crippen LogP contribution in [0.3, 0.4) is 0 Å². The number of carbonyl (C=O) groups excluding carboxylic acids is 1. The summed E-state index contributed by atoms with van der Waals surface area (Å²) in [5, 5.41) is 10.6. The highest BCUT2D eigenvalue weighted by molar-refractivity contribution is 5.91. The van der Waals surface area contributed by atoms with E-state index in [0.717, 1.165) is 11.0 Å². The van der Waals surface area contributed by atoms with Crippen molar-refractivity contribution >= 4 is 17.7 Å². The number of benzene rings is 1. The number of carboxylic acids is 1. The maximum atomic E-state index is 13.7. The largest absolute Gasteiger partial charge is 0.480 e. The standard InChI is InChI=1S/C13H12F2N2O3/c1-3-6-17(7-10(18)19)13(20)16-12-9(14)5-4-8(2)11(12)15/h1,4-5H,6-7H2,2H3,(H,16,20)(H,18,19). The summed E-state index contributed by atoms with van der Waals surface area (Å²) in [7, 11) is 0. The predicted molar refractivity (Wildman–Crippen MR) is 68.2 cm³/mol. The average Bonchev–Trinajstić information content (AvgIpc) is 2.38. The molecule has 0 heterocycles. The number of nitrogens with zero attached hydrogens (tertiary/aromatic N) is 1. The first-order chi connectivity index (χ1) is 9.36. The molecular weight excluding hydrogens is 270 g/mol. The van der Waals surface area contributed by atoms with Gasteiger partial charge in [-0.1, -0.05) is 12.0 Å². The van der Waals surface area contributed by atoms with Crippen LogP contribution in [0.25, 0.3) is 0 Å². The highest BCUT2D eigenvalue weighted by atomic mass is 19.1. The summed E-state index contributed by atoms with van der Waals surface area (Å²) in [5.41, 5.74) is -0.495. The Morgan fingerprint density at radius 1 is 1.45 bits per heavy atom. The maximum Gasteiger partial charge on any atom is 0.323 e. The first-order valence-corrected chi connectivity index (χ1v) is 5.52. The Morgan fingerprint density at radius 3 is 2.65 bits per heavy atom. The van der Waals surface area contributed by atoms with Crippen LogP contribution in [0, 0.1) is 30.9 Å². The number of carboxylic acid groups (broad SMARTS) is 1. The van der Waals surface area contributed by atoms with E-state index in [2.05, 4.69) is 5.92 Å². The lowest BCUT2D eigenvalue weighted by atomic mass is 10.2. The monoisotopic (exact) mass is 282 g/mol. The van der Waals surface area contributed by atoms with Crippen molar-refractivity contribution in [1.29, 1.82) is 0 Å². The van der Waals surface area contributed by atoms with E-state index in [0.29, 0.717) is 0 Å². The first kappa shape index (κ1) is 15.4. The van der Waals surface area contributed by atoms with Crippen LogP contribution in [-0.2, 0) is 4.79 Å². The Morgan fingerprint density at radius 2 is 2.10 bits per heavy atom. The summed E-state index contributed by atoms with van der Waals surface area (Å²) in [4.78, 5) is 23.1. The van der Waals surface area contributed by atoms with Gasteiger partial charge in [-0.3, -0.25) is 4.79 Å². The number of anilines is 1. The molecule has 7 heteroatoms. The normalized spacial score (nSPS) is 9.70. The molecule has 0 aromatic heterocycles. The lowest BCUT2D eigenvalue weighted by molar-refractivity contribution is -0.137. The Balaban J connectivity index is 2.97. The van der Waals surface area contributed by atoms with Gasteiger partial charge in [0, 0.05) is 0 Å². The van der Waals surface area contributed by atoms with Gasteiger partial charge < -0.3 is 15.3 Å². The molecule has 1 aromatic carbocycles. The second-order valence-electron chi connectivity index (χ2n) is 3.94. The highest BCUT2D eigenvalue weighted by Gasteiger charge is 2.20. The lowest BCUT2D eigenvalue weighted by Gasteiger charge is -2.19. The van der Waals surface area contributed by atoms with Crippen LogP contribution in [0.2, 0.25) is 0 Å².